The van der Waals surface area contributed by atoms with Crippen molar-refractivity contribution < 1.29 is 32.4 Å². The van der Waals surface area contributed by atoms with Crippen molar-refractivity contribution in [3.8, 4) is 0 Å². The molecule has 48 heavy (non-hydrogen) atoms. The molecule has 0 bridgehead atoms. The van der Waals surface area contributed by atoms with E-state index in [-0.39, 0.29) is 29.7 Å². The molecule has 0 aromatic heterocycles. The molecule has 14 nitrogen and oxygen atoms in total. The third kappa shape index (κ3) is 8.68. The molecule has 0 spiro atoms. The topological polar surface area (TPSA) is 200 Å². The number of primary amides is 1. The number of nitrogens with one attached hydrogen (secondary N) is 4. The summed E-state index contributed by atoms with van der Waals surface area (Å²) in [7, 11) is -3.73. The normalized spacial score (nSPS) is 26.1. The summed E-state index contributed by atoms with van der Waals surface area (Å²) in [6.45, 7) is 16.4. The quantitative estimate of drug-likeness (QED) is 0.179. The van der Waals surface area contributed by atoms with Crippen LogP contribution in [0, 0.1) is 34.0 Å². The highest BCUT2D eigenvalue weighted by Crippen LogP contribution is 2.65. The zero-order valence-corrected chi connectivity index (χ0v) is 30.7. The second-order valence-electron chi connectivity index (χ2n) is 17.0. The largest absolute Gasteiger partial charge is 0.363 e. The summed E-state index contributed by atoms with van der Waals surface area (Å²) < 4.78 is 30.0. The molecule has 4 rings (SSSR count). The number of fused-ring (bicyclic) bond motifs is 1. The van der Waals surface area contributed by atoms with Crippen LogP contribution in [0.25, 0.3) is 0 Å². The van der Waals surface area contributed by atoms with E-state index in [1.54, 1.807) is 0 Å². The number of likely N-dealkylation sites (tertiary alicyclic amines) is 1. The first-order valence-electron chi connectivity index (χ1n) is 17.3. The molecule has 4 aliphatic rings. The Kier molecular flexibility index (Phi) is 11.0. The minimum absolute atomic E-state index is 0.0389. The van der Waals surface area contributed by atoms with Crippen molar-refractivity contribution in [2.75, 3.05) is 26.2 Å². The molecule has 4 fully saturated rings. The van der Waals surface area contributed by atoms with Crippen molar-refractivity contribution in [3.63, 3.8) is 0 Å². The molecule has 6 N–H and O–H groups in total. The smallest absolute Gasteiger partial charge is 0.315 e. The van der Waals surface area contributed by atoms with Gasteiger partial charge in [0.1, 0.15) is 12.1 Å². The van der Waals surface area contributed by atoms with Gasteiger partial charge in [0.25, 0.3) is 16.1 Å². The lowest BCUT2D eigenvalue weighted by atomic mass is 9.85. The van der Waals surface area contributed by atoms with E-state index in [2.05, 4.69) is 20.7 Å². The minimum Gasteiger partial charge on any atom is -0.363 e. The van der Waals surface area contributed by atoms with E-state index in [1.807, 2.05) is 55.4 Å². The molecule has 15 heteroatoms. The van der Waals surface area contributed by atoms with E-state index in [9.17, 15) is 32.4 Å². The summed E-state index contributed by atoms with van der Waals surface area (Å²) in [5, 5.41) is 8.49. The molecule has 2 heterocycles. The van der Waals surface area contributed by atoms with Gasteiger partial charge in [-0.15, -0.1) is 0 Å². The molecule has 272 valence electrons. The number of nitrogens with two attached hydrogens (primary N) is 1. The van der Waals surface area contributed by atoms with Crippen LogP contribution in [-0.2, 0) is 29.4 Å². The van der Waals surface area contributed by atoms with Gasteiger partial charge in [0.2, 0.25) is 17.6 Å². The molecule has 0 aromatic carbocycles. The second-order valence-corrected chi connectivity index (χ2v) is 18.8. The third-order valence-electron chi connectivity index (χ3n) is 10.8. The number of nitrogens with zero attached hydrogens (tertiary/aromatic N) is 2. The van der Waals surface area contributed by atoms with Crippen LogP contribution in [0.1, 0.15) is 93.9 Å². The highest BCUT2D eigenvalue weighted by molar-refractivity contribution is 7.87. The Morgan fingerprint density at radius 1 is 0.896 bits per heavy atom. The number of Topliss-reactive ketones (excluding diaryl/α,β-unsaturated/α-hetero) is 1. The van der Waals surface area contributed by atoms with Crippen LogP contribution in [0.3, 0.4) is 0 Å². The second kappa shape index (κ2) is 13.9. The molecular formula is C33H57N7O7S. The van der Waals surface area contributed by atoms with Crippen molar-refractivity contribution in [1.82, 2.24) is 29.9 Å². The maximum Gasteiger partial charge on any atom is 0.315 e. The van der Waals surface area contributed by atoms with Crippen molar-refractivity contribution in [2.24, 2.45) is 39.7 Å². The molecule has 2 saturated heterocycles. The number of hydrogen-bond donors (Lipinski definition) is 5. The van der Waals surface area contributed by atoms with Crippen LogP contribution in [0.2, 0.25) is 0 Å². The Morgan fingerprint density at radius 2 is 1.50 bits per heavy atom. The molecule has 1 unspecified atom stereocenters. The van der Waals surface area contributed by atoms with Crippen molar-refractivity contribution >= 4 is 39.7 Å². The molecule has 0 aromatic rings. The highest BCUT2D eigenvalue weighted by Gasteiger charge is 2.70. The summed E-state index contributed by atoms with van der Waals surface area (Å²) in [4.78, 5) is 67.6. The first-order valence-corrected chi connectivity index (χ1v) is 18.8. The van der Waals surface area contributed by atoms with E-state index in [1.165, 1.54) is 9.21 Å². The average molecular weight is 696 g/mol. The third-order valence-corrected chi connectivity index (χ3v) is 12.3. The fourth-order valence-electron chi connectivity index (χ4n) is 7.26. The fourth-order valence-corrected chi connectivity index (χ4v) is 8.56. The number of urea groups is 1. The first-order chi connectivity index (χ1) is 22.1. The fraction of sp³-hybridized carbons (Fsp3) is 0.848. The maximum absolute atomic E-state index is 14.3. The van der Waals surface area contributed by atoms with Gasteiger partial charge in [-0.2, -0.15) is 12.7 Å². The summed E-state index contributed by atoms with van der Waals surface area (Å²) in [5.41, 5.74) is 3.80. The number of amides is 5. The molecular weight excluding hydrogens is 638 g/mol. The predicted molar refractivity (Wildman–Crippen MR) is 180 cm³/mol. The number of ketones is 1. The van der Waals surface area contributed by atoms with Crippen molar-refractivity contribution in [2.45, 2.75) is 118 Å². The van der Waals surface area contributed by atoms with E-state index in [0.29, 0.717) is 26.1 Å². The minimum atomic E-state index is -3.73. The van der Waals surface area contributed by atoms with Crippen LogP contribution < -0.4 is 26.4 Å². The Morgan fingerprint density at radius 3 is 2.02 bits per heavy atom. The molecule has 6 atom stereocenters. The monoisotopic (exact) mass is 695 g/mol. The standard InChI is InChI=1S/C33H57N7O7S/c1-31(2,3)22(17-35-48(46,47)39-14-10-9-11-15-39)37-30(45)38-26(32(4,5)6)29(44)40-18-20-23(33(20,7)8)24(40)28(43)36-21(16-19-12-13-19)25(41)27(34)42/h19-24,26,35H,9-18H2,1-8H3,(H2,34,42)(H,36,43)(H2,37,38,45)/t20-,21?,22+,23-,24-,26+/m0/s1. The lowest BCUT2D eigenvalue weighted by Crippen LogP contribution is -2.63. The molecule has 2 saturated carbocycles. The van der Waals surface area contributed by atoms with Gasteiger partial charge in [-0.1, -0.05) is 74.7 Å². The SMILES string of the molecule is CC(C)(C)[C@H](NC(=O)N[C@H](CNS(=O)(=O)N1CCCCC1)C(C)(C)C)C(=O)N1C[C@H]2[C@@H]([C@H]1C(=O)NC(CC1CC1)C(=O)C(N)=O)C2(C)C. The Bertz CT molecular complexity index is 1380. The van der Waals surface area contributed by atoms with Crippen molar-refractivity contribution in [1.29, 1.82) is 0 Å². The van der Waals surface area contributed by atoms with Crippen LogP contribution in [-0.4, -0.2) is 97.5 Å². The van der Waals surface area contributed by atoms with Gasteiger partial charge >= 0.3 is 6.03 Å². The molecule has 2 aliphatic carbocycles. The van der Waals surface area contributed by atoms with E-state index in [4.69, 9.17) is 5.73 Å². The van der Waals surface area contributed by atoms with Gasteiger partial charge in [0.15, 0.2) is 0 Å². The zero-order chi connectivity index (χ0) is 36.0. The Hall–Kier alpha value is -2.78. The lowest BCUT2D eigenvalue weighted by Gasteiger charge is -2.38. The summed E-state index contributed by atoms with van der Waals surface area (Å²) >= 11 is 0. The summed E-state index contributed by atoms with van der Waals surface area (Å²) in [6.07, 6.45) is 4.73. The van der Waals surface area contributed by atoms with Gasteiger partial charge in [-0.05, 0) is 53.3 Å². The van der Waals surface area contributed by atoms with E-state index >= 15 is 0 Å². The maximum atomic E-state index is 14.3. The van der Waals surface area contributed by atoms with E-state index < -0.39 is 74.7 Å². The summed E-state index contributed by atoms with van der Waals surface area (Å²) in [5.74, 6) is -2.77. The lowest BCUT2D eigenvalue weighted by molar-refractivity contribution is -0.145. The number of rotatable bonds is 13. The van der Waals surface area contributed by atoms with Crippen LogP contribution in [0.5, 0.6) is 0 Å². The van der Waals surface area contributed by atoms with E-state index in [0.717, 1.165) is 32.1 Å². The molecule has 5 amide bonds. The average Bonchev–Trinajstić information content (AvgIpc) is 3.83. The predicted octanol–water partition coefficient (Wildman–Crippen LogP) is 1.26. The number of piperidine rings is 2. The van der Waals surface area contributed by atoms with Gasteiger partial charge in [-0.25, -0.2) is 9.52 Å². The molecule has 0 radical (unpaired) electrons. The number of carbonyl (C=O) groups is 5. The number of carbonyl (C=O) groups excluding carboxylic acids is 5. The Labute approximate surface area is 285 Å². The van der Waals surface area contributed by atoms with Crippen LogP contribution in [0.15, 0.2) is 0 Å². The van der Waals surface area contributed by atoms with Gasteiger partial charge < -0.3 is 26.6 Å². The van der Waals surface area contributed by atoms with Gasteiger partial charge in [0, 0.05) is 32.2 Å². The summed E-state index contributed by atoms with van der Waals surface area (Å²) in [6, 6.07) is -4.22. The van der Waals surface area contributed by atoms with Crippen molar-refractivity contribution in [3.05, 3.63) is 0 Å². The zero-order valence-electron chi connectivity index (χ0n) is 29.9. The molecule has 2 aliphatic heterocycles. The first kappa shape index (κ1) is 38.0. The Balaban J connectivity index is 1.48. The van der Waals surface area contributed by atoms with Crippen LogP contribution >= 0.6 is 0 Å². The highest BCUT2D eigenvalue weighted by atomic mass is 32.2. The van der Waals surface area contributed by atoms with Crippen LogP contribution in [0.4, 0.5) is 4.79 Å². The number of hydrogen-bond acceptors (Lipinski definition) is 7. The van der Waals surface area contributed by atoms with Gasteiger partial charge in [-0.3, -0.25) is 19.2 Å². The van der Waals surface area contributed by atoms with Gasteiger partial charge in [0.05, 0.1) is 6.04 Å².